The summed E-state index contributed by atoms with van der Waals surface area (Å²) in [6, 6.07) is 2.98. The van der Waals surface area contributed by atoms with Crippen molar-refractivity contribution < 1.29 is 18.3 Å². The maximum absolute atomic E-state index is 12.3. The van der Waals surface area contributed by atoms with Crippen LogP contribution in [0.3, 0.4) is 0 Å². The lowest BCUT2D eigenvalue weighted by Gasteiger charge is -2.13. The minimum atomic E-state index is -4.40. The highest BCUT2D eigenvalue weighted by Crippen LogP contribution is 2.33. The van der Waals surface area contributed by atoms with E-state index in [0.717, 1.165) is 12.1 Å². The second kappa shape index (κ2) is 4.10. The van der Waals surface area contributed by atoms with Crippen molar-refractivity contribution in [2.24, 2.45) is 0 Å². The fourth-order valence-corrected chi connectivity index (χ4v) is 1.27. The topological polar surface area (TPSA) is 46.2 Å². The van der Waals surface area contributed by atoms with Crippen molar-refractivity contribution in [3.05, 3.63) is 29.3 Å². The molecule has 0 amide bonds. The summed E-state index contributed by atoms with van der Waals surface area (Å²) < 4.78 is 36.8. The molecule has 0 saturated heterocycles. The number of aliphatic hydroxyl groups is 1. The predicted molar refractivity (Wildman–Crippen MR) is 51.1 cm³/mol. The predicted octanol–water partition coefficient (Wildman–Crippen LogP) is 2.73. The molecule has 0 aliphatic carbocycles. The van der Waals surface area contributed by atoms with Crippen LogP contribution in [0.15, 0.2) is 18.2 Å². The summed E-state index contributed by atoms with van der Waals surface area (Å²) in [5.41, 5.74) is 4.95. The molecule has 1 rings (SSSR count). The van der Waals surface area contributed by atoms with Gasteiger partial charge in [-0.25, -0.2) is 0 Å². The Balaban J connectivity index is 3.09. The third-order valence-electron chi connectivity index (χ3n) is 2.16. The Morgan fingerprint density at radius 2 is 2.00 bits per heavy atom. The van der Waals surface area contributed by atoms with Crippen LogP contribution in [0.4, 0.5) is 18.9 Å². The van der Waals surface area contributed by atoms with Gasteiger partial charge in [0, 0.05) is 11.3 Å². The summed E-state index contributed by atoms with van der Waals surface area (Å²) in [5, 5.41) is 9.44. The fraction of sp³-hybridized carbons (Fsp3) is 0.400. The van der Waals surface area contributed by atoms with E-state index in [4.69, 9.17) is 5.73 Å². The Kier molecular flexibility index (Phi) is 3.24. The SMILES string of the molecule is CCC(O)c1ccc(C(F)(F)F)cc1N. The molecule has 0 aliphatic heterocycles. The summed E-state index contributed by atoms with van der Waals surface area (Å²) in [4.78, 5) is 0. The highest BCUT2D eigenvalue weighted by molar-refractivity contribution is 5.50. The highest BCUT2D eigenvalue weighted by Gasteiger charge is 2.31. The number of halogens is 3. The van der Waals surface area contributed by atoms with Gasteiger partial charge in [-0.1, -0.05) is 13.0 Å². The lowest BCUT2D eigenvalue weighted by Crippen LogP contribution is -2.08. The van der Waals surface area contributed by atoms with Gasteiger partial charge in [0.05, 0.1) is 11.7 Å². The molecule has 0 saturated carbocycles. The summed E-state index contributed by atoms with van der Waals surface area (Å²) in [7, 11) is 0. The molecule has 1 unspecified atom stereocenters. The Morgan fingerprint density at radius 1 is 1.40 bits per heavy atom. The third-order valence-corrected chi connectivity index (χ3v) is 2.16. The molecule has 1 aromatic carbocycles. The van der Waals surface area contributed by atoms with Crippen LogP contribution in [0.1, 0.15) is 30.6 Å². The Hall–Kier alpha value is -1.23. The Labute approximate surface area is 85.5 Å². The van der Waals surface area contributed by atoms with E-state index in [0.29, 0.717) is 12.0 Å². The normalized spacial score (nSPS) is 13.9. The summed E-state index contributed by atoms with van der Waals surface area (Å²) >= 11 is 0. The first-order valence-electron chi connectivity index (χ1n) is 4.51. The van der Waals surface area contributed by atoms with E-state index < -0.39 is 17.8 Å². The molecule has 2 nitrogen and oxygen atoms in total. The van der Waals surface area contributed by atoms with Crippen molar-refractivity contribution in [1.29, 1.82) is 0 Å². The molecule has 0 bridgehead atoms. The van der Waals surface area contributed by atoms with E-state index in [1.807, 2.05) is 0 Å². The van der Waals surface area contributed by atoms with E-state index in [9.17, 15) is 18.3 Å². The molecule has 0 spiro atoms. The number of hydrogen-bond donors (Lipinski definition) is 2. The van der Waals surface area contributed by atoms with Crippen molar-refractivity contribution in [2.45, 2.75) is 25.6 Å². The molecular formula is C10H12F3NO. The first-order valence-corrected chi connectivity index (χ1v) is 4.51. The van der Waals surface area contributed by atoms with Crippen molar-refractivity contribution in [3.8, 4) is 0 Å². The molecule has 1 aromatic rings. The lowest BCUT2D eigenvalue weighted by atomic mass is 10.0. The van der Waals surface area contributed by atoms with Crippen molar-refractivity contribution in [2.75, 3.05) is 5.73 Å². The summed E-state index contributed by atoms with van der Waals surface area (Å²) in [6.07, 6.45) is -4.80. The molecule has 15 heavy (non-hydrogen) atoms. The zero-order valence-corrected chi connectivity index (χ0v) is 8.17. The van der Waals surface area contributed by atoms with E-state index in [1.54, 1.807) is 6.92 Å². The smallest absolute Gasteiger partial charge is 0.398 e. The number of rotatable bonds is 2. The van der Waals surface area contributed by atoms with Gasteiger partial charge in [-0.3, -0.25) is 0 Å². The Morgan fingerprint density at radius 3 is 2.40 bits per heavy atom. The van der Waals surface area contributed by atoms with Gasteiger partial charge in [0.1, 0.15) is 0 Å². The monoisotopic (exact) mass is 219 g/mol. The number of aliphatic hydroxyl groups excluding tert-OH is 1. The van der Waals surface area contributed by atoms with E-state index in [1.165, 1.54) is 6.07 Å². The summed E-state index contributed by atoms with van der Waals surface area (Å²) in [6.45, 7) is 1.72. The number of anilines is 1. The van der Waals surface area contributed by atoms with Crippen LogP contribution in [-0.2, 0) is 6.18 Å². The van der Waals surface area contributed by atoms with Crippen molar-refractivity contribution in [3.63, 3.8) is 0 Å². The van der Waals surface area contributed by atoms with Crippen LogP contribution in [0.25, 0.3) is 0 Å². The molecule has 0 fully saturated rings. The maximum atomic E-state index is 12.3. The van der Waals surface area contributed by atoms with Gasteiger partial charge in [0.25, 0.3) is 0 Å². The van der Waals surface area contributed by atoms with Crippen LogP contribution < -0.4 is 5.73 Å². The first kappa shape index (κ1) is 11.8. The zero-order chi connectivity index (χ0) is 11.6. The second-order valence-corrected chi connectivity index (χ2v) is 3.27. The quantitative estimate of drug-likeness (QED) is 0.751. The van der Waals surface area contributed by atoms with E-state index in [2.05, 4.69) is 0 Å². The van der Waals surface area contributed by atoms with Crippen LogP contribution in [0.5, 0.6) is 0 Å². The number of alkyl halides is 3. The third kappa shape index (κ3) is 2.62. The number of nitrogens with two attached hydrogens (primary N) is 1. The molecule has 84 valence electrons. The highest BCUT2D eigenvalue weighted by atomic mass is 19.4. The molecule has 0 aliphatic rings. The van der Waals surface area contributed by atoms with Crippen LogP contribution in [0, 0.1) is 0 Å². The van der Waals surface area contributed by atoms with Gasteiger partial charge >= 0.3 is 6.18 Å². The largest absolute Gasteiger partial charge is 0.416 e. The minimum Gasteiger partial charge on any atom is -0.398 e. The Bertz CT molecular complexity index is 349. The number of benzene rings is 1. The van der Waals surface area contributed by atoms with Gasteiger partial charge in [-0.2, -0.15) is 13.2 Å². The molecule has 1 atom stereocenters. The molecule has 5 heteroatoms. The average Bonchev–Trinajstić information content (AvgIpc) is 2.15. The molecule has 0 heterocycles. The van der Waals surface area contributed by atoms with E-state index >= 15 is 0 Å². The van der Waals surface area contributed by atoms with Crippen molar-refractivity contribution in [1.82, 2.24) is 0 Å². The molecule has 0 aromatic heterocycles. The molecule has 0 radical (unpaired) electrons. The van der Waals surface area contributed by atoms with Gasteiger partial charge < -0.3 is 10.8 Å². The zero-order valence-electron chi connectivity index (χ0n) is 8.17. The number of hydrogen-bond acceptors (Lipinski definition) is 2. The molecular weight excluding hydrogens is 207 g/mol. The van der Waals surface area contributed by atoms with Gasteiger partial charge in [0.15, 0.2) is 0 Å². The maximum Gasteiger partial charge on any atom is 0.416 e. The van der Waals surface area contributed by atoms with Crippen LogP contribution in [-0.4, -0.2) is 5.11 Å². The van der Waals surface area contributed by atoms with Gasteiger partial charge in [0.2, 0.25) is 0 Å². The van der Waals surface area contributed by atoms with Gasteiger partial charge in [-0.15, -0.1) is 0 Å². The summed E-state index contributed by atoms with van der Waals surface area (Å²) in [5.74, 6) is 0. The lowest BCUT2D eigenvalue weighted by molar-refractivity contribution is -0.137. The minimum absolute atomic E-state index is 0.0285. The van der Waals surface area contributed by atoms with Crippen LogP contribution >= 0.6 is 0 Å². The van der Waals surface area contributed by atoms with Crippen LogP contribution in [0.2, 0.25) is 0 Å². The first-order chi connectivity index (χ1) is 6.86. The average molecular weight is 219 g/mol. The van der Waals surface area contributed by atoms with E-state index in [-0.39, 0.29) is 5.69 Å². The molecule has 3 N–H and O–H groups in total. The second-order valence-electron chi connectivity index (χ2n) is 3.27. The standard InChI is InChI=1S/C10H12F3NO/c1-2-9(15)7-4-3-6(5-8(7)14)10(11,12)13/h3-5,9,15H,2,14H2,1H3. The number of nitrogen functional groups attached to an aromatic ring is 1. The van der Waals surface area contributed by atoms with Gasteiger partial charge in [-0.05, 0) is 18.6 Å². The fourth-order valence-electron chi connectivity index (χ4n) is 1.27. The van der Waals surface area contributed by atoms with Crippen molar-refractivity contribution >= 4 is 5.69 Å².